The van der Waals surface area contributed by atoms with Gasteiger partial charge in [-0.3, -0.25) is 24.5 Å². The Bertz CT molecular complexity index is 802. The largest absolute Gasteiger partial charge is 0.356 e. The first-order valence-electron chi connectivity index (χ1n) is 10.5. The van der Waals surface area contributed by atoms with Crippen molar-refractivity contribution in [1.82, 2.24) is 20.5 Å². The van der Waals surface area contributed by atoms with Crippen molar-refractivity contribution >= 4 is 17.8 Å². The van der Waals surface area contributed by atoms with Crippen molar-refractivity contribution in [2.45, 2.75) is 26.2 Å². The summed E-state index contributed by atoms with van der Waals surface area (Å²) in [5.41, 5.74) is 2.19. The highest BCUT2D eigenvalue weighted by molar-refractivity contribution is 6.06. The molecule has 0 spiro atoms. The molecule has 2 aliphatic carbocycles. The number of hydrogen-bond acceptors (Lipinski definition) is 4. The van der Waals surface area contributed by atoms with E-state index in [1.165, 1.54) is 10.5 Å². The first-order valence-corrected chi connectivity index (χ1v) is 10.5. The quantitative estimate of drug-likeness (QED) is 0.239. The van der Waals surface area contributed by atoms with Crippen molar-refractivity contribution in [2.75, 3.05) is 26.7 Å². The van der Waals surface area contributed by atoms with Crippen LogP contribution < -0.4 is 10.6 Å². The molecule has 0 radical (unpaired) electrons. The molecule has 1 aromatic heterocycles. The highest BCUT2D eigenvalue weighted by Crippen LogP contribution is 2.52. The average Bonchev–Trinajstić information content (AvgIpc) is 3.40. The van der Waals surface area contributed by atoms with Gasteiger partial charge < -0.3 is 10.6 Å². The van der Waals surface area contributed by atoms with Crippen LogP contribution in [0.5, 0.6) is 0 Å². The number of rotatable bonds is 7. The van der Waals surface area contributed by atoms with Gasteiger partial charge in [0.05, 0.1) is 11.8 Å². The number of carbonyl (C=O) groups is 2. The summed E-state index contributed by atoms with van der Waals surface area (Å²) >= 11 is 0. The molecule has 4 atom stereocenters. The number of allylic oxidation sites excluding steroid dienone is 2. The summed E-state index contributed by atoms with van der Waals surface area (Å²) < 4.78 is 0. The monoisotopic (exact) mass is 395 g/mol. The topological polar surface area (TPSA) is 86.7 Å². The number of nitrogens with one attached hydrogen (secondary N) is 2. The molecule has 2 bridgehead atoms. The fourth-order valence-corrected chi connectivity index (χ4v) is 4.82. The van der Waals surface area contributed by atoms with Crippen LogP contribution in [-0.4, -0.2) is 54.3 Å². The van der Waals surface area contributed by atoms with E-state index in [1.807, 2.05) is 19.2 Å². The molecule has 2 N–H and O–H groups in total. The SMILES string of the molecule is CN=C(NCCCN1C(=O)C2C3C=CC(C3)C2C1=O)NCCc1ccc(C)nc1. The third kappa shape index (κ3) is 3.91. The molecule has 0 aromatic carbocycles. The maximum Gasteiger partial charge on any atom is 0.233 e. The van der Waals surface area contributed by atoms with E-state index in [-0.39, 0.29) is 35.5 Å². The Labute approximate surface area is 171 Å². The molecule has 29 heavy (non-hydrogen) atoms. The van der Waals surface area contributed by atoms with E-state index in [2.05, 4.69) is 38.8 Å². The molecule has 2 heterocycles. The van der Waals surface area contributed by atoms with Crippen molar-refractivity contribution in [3.63, 3.8) is 0 Å². The Hall–Kier alpha value is -2.70. The summed E-state index contributed by atoms with van der Waals surface area (Å²) in [5, 5.41) is 6.55. The van der Waals surface area contributed by atoms with E-state index in [9.17, 15) is 9.59 Å². The van der Waals surface area contributed by atoms with E-state index in [4.69, 9.17) is 0 Å². The molecule has 1 saturated carbocycles. The normalized spacial score (nSPS) is 27.7. The number of hydrogen-bond donors (Lipinski definition) is 2. The fraction of sp³-hybridized carbons (Fsp3) is 0.545. The van der Waals surface area contributed by atoms with Gasteiger partial charge in [0.25, 0.3) is 0 Å². The number of guanidine groups is 1. The van der Waals surface area contributed by atoms with Crippen molar-refractivity contribution < 1.29 is 9.59 Å². The minimum absolute atomic E-state index is 0.0334. The number of carbonyl (C=O) groups excluding carboxylic acids is 2. The highest BCUT2D eigenvalue weighted by atomic mass is 16.2. The summed E-state index contributed by atoms with van der Waals surface area (Å²) in [6.07, 6.45) is 8.71. The van der Waals surface area contributed by atoms with Crippen LogP contribution in [0.25, 0.3) is 0 Å². The Morgan fingerprint density at radius 2 is 1.83 bits per heavy atom. The molecule has 2 amide bonds. The average molecular weight is 396 g/mol. The molecule has 4 unspecified atom stereocenters. The summed E-state index contributed by atoms with van der Waals surface area (Å²) in [6, 6.07) is 4.10. The molecule has 7 nitrogen and oxygen atoms in total. The lowest BCUT2D eigenvalue weighted by Crippen LogP contribution is -2.40. The van der Waals surface area contributed by atoms with Gasteiger partial charge in [0.2, 0.25) is 11.8 Å². The molecule has 154 valence electrons. The van der Waals surface area contributed by atoms with Crippen molar-refractivity contribution in [2.24, 2.45) is 28.7 Å². The predicted molar refractivity (Wildman–Crippen MR) is 111 cm³/mol. The van der Waals surface area contributed by atoms with Crippen LogP contribution in [0.4, 0.5) is 0 Å². The molecule has 1 aliphatic heterocycles. The molecule has 4 rings (SSSR count). The van der Waals surface area contributed by atoms with Crippen LogP contribution in [0.2, 0.25) is 0 Å². The van der Waals surface area contributed by atoms with Crippen LogP contribution in [0, 0.1) is 30.6 Å². The van der Waals surface area contributed by atoms with Gasteiger partial charge in [-0.05, 0) is 49.7 Å². The van der Waals surface area contributed by atoms with Gasteiger partial charge >= 0.3 is 0 Å². The standard InChI is InChI=1S/C22H29N5O2/c1-14-4-5-15(13-26-14)8-10-25-22(23-2)24-9-3-11-27-20(28)18-16-6-7-17(12-16)19(18)21(27)29/h4-7,13,16-19H,3,8-12H2,1-2H3,(H2,23,24,25). The third-order valence-corrected chi connectivity index (χ3v) is 6.31. The van der Waals surface area contributed by atoms with Gasteiger partial charge in [0.15, 0.2) is 5.96 Å². The first kappa shape index (κ1) is 19.6. The van der Waals surface area contributed by atoms with Crippen LogP contribution >= 0.6 is 0 Å². The summed E-state index contributed by atoms with van der Waals surface area (Å²) in [4.78, 5) is 35.4. The summed E-state index contributed by atoms with van der Waals surface area (Å²) in [6.45, 7) is 3.86. The lowest BCUT2D eigenvalue weighted by atomic mass is 9.85. The zero-order chi connectivity index (χ0) is 20.4. The summed E-state index contributed by atoms with van der Waals surface area (Å²) in [7, 11) is 1.74. The molecule has 7 heteroatoms. The molecule has 1 aromatic rings. The molecule has 3 aliphatic rings. The fourth-order valence-electron chi connectivity index (χ4n) is 4.82. The van der Waals surface area contributed by atoms with E-state index < -0.39 is 0 Å². The number of aliphatic imine (C=N–C) groups is 1. The molecular formula is C22H29N5O2. The van der Waals surface area contributed by atoms with Crippen molar-refractivity contribution in [1.29, 1.82) is 0 Å². The number of fused-ring (bicyclic) bond motifs is 5. The number of nitrogens with zero attached hydrogens (tertiary/aromatic N) is 3. The highest BCUT2D eigenvalue weighted by Gasteiger charge is 2.58. The Morgan fingerprint density at radius 1 is 1.14 bits per heavy atom. The first-order chi connectivity index (χ1) is 14.1. The maximum absolute atomic E-state index is 12.7. The Kier molecular flexibility index (Phi) is 5.65. The number of aryl methyl sites for hydroxylation is 1. The van der Waals surface area contributed by atoms with Gasteiger partial charge in [-0.25, -0.2) is 0 Å². The van der Waals surface area contributed by atoms with Gasteiger partial charge in [0.1, 0.15) is 0 Å². The molecule has 2 fully saturated rings. The number of aromatic nitrogens is 1. The van der Waals surface area contributed by atoms with E-state index in [1.54, 1.807) is 7.05 Å². The van der Waals surface area contributed by atoms with Crippen LogP contribution in [0.15, 0.2) is 35.5 Å². The zero-order valence-electron chi connectivity index (χ0n) is 17.1. The Morgan fingerprint density at radius 3 is 2.45 bits per heavy atom. The smallest absolute Gasteiger partial charge is 0.233 e. The number of amides is 2. The van der Waals surface area contributed by atoms with Crippen molar-refractivity contribution in [3.8, 4) is 0 Å². The maximum atomic E-state index is 12.7. The minimum atomic E-state index is -0.101. The van der Waals surface area contributed by atoms with Crippen LogP contribution in [-0.2, 0) is 16.0 Å². The lowest BCUT2D eigenvalue weighted by Gasteiger charge is -2.18. The van der Waals surface area contributed by atoms with Gasteiger partial charge in [0, 0.05) is 38.6 Å². The second-order valence-corrected chi connectivity index (χ2v) is 8.17. The zero-order valence-corrected chi connectivity index (χ0v) is 17.1. The van der Waals surface area contributed by atoms with Gasteiger partial charge in [-0.2, -0.15) is 0 Å². The van der Waals surface area contributed by atoms with Crippen LogP contribution in [0.3, 0.4) is 0 Å². The predicted octanol–water partition coefficient (Wildman–Crippen LogP) is 1.29. The van der Waals surface area contributed by atoms with E-state index in [0.717, 1.165) is 31.0 Å². The molecule has 1 saturated heterocycles. The van der Waals surface area contributed by atoms with Crippen molar-refractivity contribution in [3.05, 3.63) is 41.7 Å². The van der Waals surface area contributed by atoms with Crippen LogP contribution in [0.1, 0.15) is 24.1 Å². The second-order valence-electron chi connectivity index (χ2n) is 8.17. The Balaban J connectivity index is 1.17. The third-order valence-electron chi connectivity index (χ3n) is 6.31. The number of pyridine rings is 1. The minimum Gasteiger partial charge on any atom is -0.356 e. The summed E-state index contributed by atoms with van der Waals surface area (Å²) in [5.74, 6) is 1.14. The number of likely N-dealkylation sites (tertiary alicyclic amines) is 1. The van der Waals surface area contributed by atoms with E-state index in [0.29, 0.717) is 19.5 Å². The van der Waals surface area contributed by atoms with Gasteiger partial charge in [-0.15, -0.1) is 0 Å². The molecular weight excluding hydrogens is 366 g/mol. The number of imide groups is 1. The second kappa shape index (κ2) is 8.35. The lowest BCUT2D eigenvalue weighted by molar-refractivity contribution is -0.140. The van der Waals surface area contributed by atoms with E-state index >= 15 is 0 Å². The van der Waals surface area contributed by atoms with Gasteiger partial charge in [-0.1, -0.05) is 18.2 Å².